The van der Waals surface area contributed by atoms with Gasteiger partial charge < -0.3 is 24.7 Å². The molecule has 1 aliphatic heterocycles. The van der Waals surface area contributed by atoms with Gasteiger partial charge in [-0.2, -0.15) is 10.1 Å². The van der Waals surface area contributed by atoms with Gasteiger partial charge in [-0.1, -0.05) is 0 Å². The van der Waals surface area contributed by atoms with Crippen molar-refractivity contribution in [2.45, 2.75) is 39.0 Å². The Morgan fingerprint density at radius 1 is 1.20 bits per heavy atom. The van der Waals surface area contributed by atoms with Crippen LogP contribution in [0.4, 0.5) is 15.8 Å². The Morgan fingerprint density at radius 2 is 2.00 bits per heavy atom. The van der Waals surface area contributed by atoms with E-state index in [-0.39, 0.29) is 17.6 Å². The van der Waals surface area contributed by atoms with E-state index in [1.807, 2.05) is 19.1 Å². The molecule has 0 bridgehead atoms. The van der Waals surface area contributed by atoms with Crippen molar-refractivity contribution >= 4 is 39.1 Å². The Kier molecular flexibility index (Phi) is 6.59. The minimum Gasteiger partial charge on any atom is -0.472 e. The normalized spacial score (nSPS) is 18.3. The smallest absolute Gasteiger partial charge is 0.317 e. The molecule has 0 spiro atoms. The summed E-state index contributed by atoms with van der Waals surface area (Å²) in [5.74, 6) is -0.935. The van der Waals surface area contributed by atoms with E-state index in [9.17, 15) is 9.18 Å². The van der Waals surface area contributed by atoms with Gasteiger partial charge in [-0.15, -0.1) is 0 Å². The molecule has 40 heavy (non-hydrogen) atoms. The van der Waals surface area contributed by atoms with Gasteiger partial charge in [-0.3, -0.25) is 9.48 Å². The highest BCUT2D eigenvalue weighted by Gasteiger charge is 2.25. The molecule has 0 saturated carbocycles. The van der Waals surface area contributed by atoms with Gasteiger partial charge >= 0.3 is 6.01 Å². The van der Waals surface area contributed by atoms with Crippen molar-refractivity contribution in [1.82, 2.24) is 25.1 Å². The Balaban J connectivity index is 1.39. The minimum absolute atomic E-state index is 0.136. The van der Waals surface area contributed by atoms with Gasteiger partial charge in [0, 0.05) is 72.3 Å². The molecule has 2 N–H and O–H groups in total. The third kappa shape index (κ3) is 4.95. The summed E-state index contributed by atoms with van der Waals surface area (Å²) in [6.07, 6.45) is 6.22. The predicted molar refractivity (Wildman–Crippen MR) is 150 cm³/mol. The van der Waals surface area contributed by atoms with Crippen LogP contribution < -0.4 is 20.3 Å². The molecule has 1 saturated heterocycles. The summed E-state index contributed by atoms with van der Waals surface area (Å²) in [5.41, 5.74) is 3.11. The molecule has 1 amide bonds. The van der Waals surface area contributed by atoms with Crippen LogP contribution in [-0.2, 0) is 7.05 Å². The van der Waals surface area contributed by atoms with Gasteiger partial charge in [-0.05, 0) is 51.1 Å². The number of aryl methyl sites for hydroxylation is 1. The van der Waals surface area contributed by atoms with Crippen molar-refractivity contribution in [3.8, 4) is 6.01 Å². The summed E-state index contributed by atoms with van der Waals surface area (Å²) >= 11 is 0. The van der Waals surface area contributed by atoms with Gasteiger partial charge in [0.2, 0.25) is 0 Å². The van der Waals surface area contributed by atoms with E-state index in [2.05, 4.69) is 39.5 Å². The number of fused-ring (bicyclic) bond motifs is 2. The summed E-state index contributed by atoms with van der Waals surface area (Å²) in [6.45, 7) is 7.75. The van der Waals surface area contributed by atoms with E-state index in [0.29, 0.717) is 34.2 Å². The summed E-state index contributed by atoms with van der Waals surface area (Å²) < 4.78 is 27.4. The average Bonchev–Trinajstić information content (AvgIpc) is 3.57. The van der Waals surface area contributed by atoms with Crippen molar-refractivity contribution in [3.63, 3.8) is 0 Å². The van der Waals surface area contributed by atoms with Crippen molar-refractivity contribution in [2.24, 2.45) is 7.05 Å². The fraction of sp³-hybridized carbons (Fsp3) is 0.310. The first-order valence-corrected chi connectivity index (χ1v) is 13.2. The van der Waals surface area contributed by atoms with Crippen molar-refractivity contribution in [3.05, 3.63) is 72.2 Å². The number of ether oxygens (including phenoxy) is 1. The molecule has 10 nitrogen and oxygen atoms in total. The quantitative estimate of drug-likeness (QED) is 0.314. The van der Waals surface area contributed by atoms with E-state index in [0.717, 1.165) is 29.7 Å². The number of hydrogen-bond acceptors (Lipinski definition) is 8. The maximum atomic E-state index is 14.7. The number of piperazine rings is 1. The van der Waals surface area contributed by atoms with Gasteiger partial charge in [0.25, 0.3) is 5.91 Å². The summed E-state index contributed by atoms with van der Waals surface area (Å²) in [5, 5.41) is 11.8. The van der Waals surface area contributed by atoms with Crippen LogP contribution >= 0.6 is 0 Å². The lowest BCUT2D eigenvalue weighted by Gasteiger charge is -2.38. The third-order valence-electron chi connectivity index (χ3n) is 7.08. The second-order valence-corrected chi connectivity index (χ2v) is 10.4. The summed E-state index contributed by atoms with van der Waals surface area (Å²) in [6, 6.07) is 9.16. The SMILES string of the molecule is C[C@@H]1CN(c2ccc(C(=O)Nc3cc(F)c4nn(C)cc4c3)c3nc(O[C@@H](C)c4ccoc4)ncc23)C[C@H](C)N1. The fourth-order valence-corrected chi connectivity index (χ4v) is 5.34. The first-order chi connectivity index (χ1) is 19.2. The average molecular weight is 544 g/mol. The molecule has 2 aromatic carbocycles. The topological polar surface area (TPSA) is 110 Å². The number of anilines is 2. The second kappa shape index (κ2) is 10.2. The number of hydrogen-bond donors (Lipinski definition) is 2. The molecule has 1 aliphatic rings. The number of carbonyl (C=O) groups is 1. The van der Waals surface area contributed by atoms with Gasteiger partial charge in [0.15, 0.2) is 5.82 Å². The highest BCUT2D eigenvalue weighted by molar-refractivity contribution is 6.14. The molecule has 6 rings (SSSR count). The van der Waals surface area contributed by atoms with Crippen molar-refractivity contribution in [2.75, 3.05) is 23.3 Å². The largest absolute Gasteiger partial charge is 0.472 e. The number of rotatable bonds is 6. The number of aromatic nitrogens is 4. The number of furan rings is 1. The number of halogens is 1. The highest BCUT2D eigenvalue weighted by atomic mass is 19.1. The standard InChI is InChI=1S/C29H30FN7O3/c1-16-12-37(13-17(2)32-16)25-6-5-22(28(38)33-21-9-20-14-36(4)35-26(20)24(30)10-21)27-23(25)11-31-29(34-27)40-18(3)19-7-8-39-15-19/h5-11,14-18,32H,12-13H2,1-4H3,(H,33,38)/t16-,17+,18-/m0/s1. The summed E-state index contributed by atoms with van der Waals surface area (Å²) in [7, 11) is 1.72. The van der Waals surface area contributed by atoms with Crippen LogP contribution in [0.15, 0.2) is 59.7 Å². The van der Waals surface area contributed by atoms with E-state index < -0.39 is 11.7 Å². The first-order valence-electron chi connectivity index (χ1n) is 13.2. The van der Waals surface area contributed by atoms with E-state index in [1.165, 1.54) is 10.7 Å². The molecule has 0 radical (unpaired) electrons. The van der Waals surface area contributed by atoms with Gasteiger partial charge in [0.1, 0.15) is 11.6 Å². The molecular weight excluding hydrogens is 513 g/mol. The maximum Gasteiger partial charge on any atom is 0.317 e. The highest BCUT2D eigenvalue weighted by Crippen LogP contribution is 2.32. The Morgan fingerprint density at radius 3 is 2.75 bits per heavy atom. The molecular formula is C29H30FN7O3. The van der Waals surface area contributed by atoms with E-state index in [1.54, 1.807) is 44.1 Å². The van der Waals surface area contributed by atoms with E-state index in [4.69, 9.17) is 14.1 Å². The molecule has 5 aromatic rings. The number of nitrogens with zero attached hydrogens (tertiary/aromatic N) is 5. The van der Waals surface area contributed by atoms with Crippen LogP contribution in [0.1, 0.15) is 42.8 Å². The Bertz CT molecular complexity index is 1690. The zero-order valence-corrected chi connectivity index (χ0v) is 22.7. The fourth-order valence-electron chi connectivity index (χ4n) is 5.34. The van der Waals surface area contributed by atoms with Gasteiger partial charge in [-0.25, -0.2) is 9.37 Å². The van der Waals surface area contributed by atoms with Crippen molar-refractivity contribution in [1.29, 1.82) is 0 Å². The number of nitrogens with one attached hydrogen (secondary N) is 2. The molecule has 1 fully saturated rings. The third-order valence-corrected chi connectivity index (χ3v) is 7.08. The molecule has 11 heteroatoms. The monoisotopic (exact) mass is 543 g/mol. The molecule has 3 atom stereocenters. The van der Waals surface area contributed by atoms with Crippen molar-refractivity contribution < 1.29 is 18.3 Å². The maximum absolute atomic E-state index is 14.7. The Hall–Kier alpha value is -4.51. The molecule has 0 aliphatic carbocycles. The minimum atomic E-state index is -0.512. The first kappa shape index (κ1) is 25.8. The predicted octanol–water partition coefficient (Wildman–Crippen LogP) is 4.83. The zero-order valence-electron chi connectivity index (χ0n) is 22.7. The van der Waals surface area contributed by atoms with Crippen LogP contribution in [0.2, 0.25) is 0 Å². The van der Waals surface area contributed by atoms with Gasteiger partial charge in [0.05, 0.1) is 23.6 Å². The van der Waals surface area contributed by atoms with Crippen LogP contribution in [0.25, 0.3) is 21.8 Å². The molecule has 206 valence electrons. The number of benzene rings is 2. The molecule has 3 aromatic heterocycles. The van der Waals surface area contributed by atoms with Crippen LogP contribution in [-0.4, -0.2) is 50.8 Å². The lowest BCUT2D eigenvalue weighted by atomic mass is 10.0. The zero-order chi connectivity index (χ0) is 28.0. The van der Waals surface area contributed by atoms with Crippen LogP contribution in [0.5, 0.6) is 6.01 Å². The van der Waals surface area contributed by atoms with Crippen LogP contribution in [0, 0.1) is 5.82 Å². The summed E-state index contributed by atoms with van der Waals surface area (Å²) in [4.78, 5) is 25.1. The second-order valence-electron chi connectivity index (χ2n) is 10.4. The molecule has 0 unspecified atom stereocenters. The number of amides is 1. The Labute approximate surface area is 230 Å². The lowest BCUT2D eigenvalue weighted by Crippen LogP contribution is -2.54. The molecule has 4 heterocycles. The lowest BCUT2D eigenvalue weighted by molar-refractivity contribution is 0.102. The van der Waals surface area contributed by atoms with E-state index >= 15 is 0 Å². The number of carbonyl (C=O) groups excluding carboxylic acids is 1. The van der Waals surface area contributed by atoms with Crippen LogP contribution in [0.3, 0.4) is 0 Å².